The largest absolute Gasteiger partial charge is 0.300 e. The SMILES string of the molecule is CC(=O)C[C@@]12CC[C@@H](C[C@H]1Cl)C2(C)C. The fourth-order valence-corrected chi connectivity index (χ4v) is 4.52. The number of halogens is 1. The molecule has 0 saturated heterocycles. The number of rotatable bonds is 2. The fraction of sp³-hybridized carbons (Fsp3) is 0.917. The van der Waals surface area contributed by atoms with Crippen LogP contribution in [0.3, 0.4) is 0 Å². The number of alkyl halides is 1. The van der Waals surface area contributed by atoms with Gasteiger partial charge in [-0.25, -0.2) is 0 Å². The van der Waals surface area contributed by atoms with Crippen LogP contribution in [0.2, 0.25) is 0 Å². The number of fused-ring (bicyclic) bond motifs is 2. The van der Waals surface area contributed by atoms with Gasteiger partial charge >= 0.3 is 0 Å². The van der Waals surface area contributed by atoms with E-state index >= 15 is 0 Å². The van der Waals surface area contributed by atoms with Gasteiger partial charge in [0.05, 0.1) is 0 Å². The monoisotopic (exact) mass is 214 g/mol. The third kappa shape index (κ3) is 1.11. The highest BCUT2D eigenvalue weighted by atomic mass is 35.5. The molecule has 0 N–H and O–H groups in total. The normalized spacial score (nSPS) is 44.3. The van der Waals surface area contributed by atoms with Crippen LogP contribution in [-0.2, 0) is 4.79 Å². The van der Waals surface area contributed by atoms with Gasteiger partial charge in [-0.05, 0) is 42.9 Å². The maximum Gasteiger partial charge on any atom is 0.130 e. The third-order valence-electron chi connectivity index (χ3n) is 4.90. The summed E-state index contributed by atoms with van der Waals surface area (Å²) in [5.41, 5.74) is 0.371. The summed E-state index contributed by atoms with van der Waals surface area (Å²) < 4.78 is 0. The maximum absolute atomic E-state index is 11.4. The van der Waals surface area contributed by atoms with Gasteiger partial charge in [-0.2, -0.15) is 0 Å². The minimum absolute atomic E-state index is 0.102. The summed E-state index contributed by atoms with van der Waals surface area (Å²) in [6, 6.07) is 0. The van der Waals surface area contributed by atoms with E-state index in [1.165, 1.54) is 6.42 Å². The molecule has 14 heavy (non-hydrogen) atoms. The van der Waals surface area contributed by atoms with E-state index in [1.807, 2.05) is 0 Å². The molecule has 0 heterocycles. The molecule has 0 spiro atoms. The Morgan fingerprint density at radius 1 is 1.50 bits per heavy atom. The Balaban J connectivity index is 2.34. The van der Waals surface area contributed by atoms with Crippen LogP contribution in [0.1, 0.15) is 46.5 Å². The van der Waals surface area contributed by atoms with E-state index in [-0.39, 0.29) is 16.2 Å². The van der Waals surface area contributed by atoms with Crippen LogP contribution in [0.25, 0.3) is 0 Å². The second-order valence-corrected chi connectivity index (χ2v) is 6.22. The van der Waals surface area contributed by atoms with Gasteiger partial charge in [0.1, 0.15) is 5.78 Å². The van der Waals surface area contributed by atoms with Gasteiger partial charge < -0.3 is 4.79 Å². The lowest BCUT2D eigenvalue weighted by Gasteiger charge is -2.39. The van der Waals surface area contributed by atoms with Gasteiger partial charge in [0.2, 0.25) is 0 Å². The molecular weight excluding hydrogens is 196 g/mol. The van der Waals surface area contributed by atoms with E-state index in [2.05, 4.69) is 13.8 Å². The summed E-state index contributed by atoms with van der Waals surface area (Å²) in [6.45, 7) is 6.30. The quantitative estimate of drug-likeness (QED) is 0.644. The number of ketones is 1. The molecule has 0 aliphatic heterocycles. The summed E-state index contributed by atoms with van der Waals surface area (Å²) in [5, 5.41) is 0.222. The van der Waals surface area contributed by atoms with Crippen LogP contribution in [0.15, 0.2) is 0 Å². The van der Waals surface area contributed by atoms with Crippen LogP contribution < -0.4 is 0 Å². The van der Waals surface area contributed by atoms with Gasteiger partial charge in [0.15, 0.2) is 0 Å². The molecule has 2 heteroatoms. The minimum atomic E-state index is 0.102. The van der Waals surface area contributed by atoms with Crippen molar-refractivity contribution in [3.05, 3.63) is 0 Å². The van der Waals surface area contributed by atoms with Crippen molar-refractivity contribution >= 4 is 17.4 Å². The van der Waals surface area contributed by atoms with E-state index in [4.69, 9.17) is 11.6 Å². The van der Waals surface area contributed by atoms with Crippen molar-refractivity contribution in [1.82, 2.24) is 0 Å². The molecule has 0 amide bonds. The molecule has 2 aliphatic carbocycles. The first-order chi connectivity index (χ1) is 6.40. The molecule has 80 valence electrons. The van der Waals surface area contributed by atoms with Crippen LogP contribution in [-0.4, -0.2) is 11.2 Å². The molecular formula is C12H19ClO. The Bertz CT molecular complexity index is 271. The summed E-state index contributed by atoms with van der Waals surface area (Å²) in [7, 11) is 0. The number of hydrogen-bond donors (Lipinski definition) is 0. The molecule has 1 nitrogen and oxygen atoms in total. The number of hydrogen-bond acceptors (Lipinski definition) is 1. The Kier molecular flexibility index (Phi) is 2.23. The van der Waals surface area contributed by atoms with Gasteiger partial charge in [-0.1, -0.05) is 13.8 Å². The van der Waals surface area contributed by atoms with Crippen molar-refractivity contribution < 1.29 is 4.79 Å². The van der Waals surface area contributed by atoms with Crippen molar-refractivity contribution in [3.8, 4) is 0 Å². The minimum Gasteiger partial charge on any atom is -0.300 e. The van der Waals surface area contributed by atoms with Gasteiger partial charge in [-0.3, -0.25) is 0 Å². The van der Waals surface area contributed by atoms with Gasteiger partial charge in [0.25, 0.3) is 0 Å². The number of carbonyl (C=O) groups is 1. The summed E-state index contributed by atoms with van der Waals surface area (Å²) >= 11 is 6.44. The van der Waals surface area contributed by atoms with Crippen molar-refractivity contribution in [2.24, 2.45) is 16.7 Å². The third-order valence-corrected chi connectivity index (χ3v) is 5.49. The van der Waals surface area contributed by atoms with Crippen molar-refractivity contribution in [2.45, 2.75) is 51.8 Å². The maximum atomic E-state index is 11.4. The molecule has 2 rings (SSSR count). The molecule has 3 atom stereocenters. The lowest BCUT2D eigenvalue weighted by Crippen LogP contribution is -2.37. The zero-order valence-corrected chi connectivity index (χ0v) is 10.0. The molecule has 2 aliphatic rings. The smallest absolute Gasteiger partial charge is 0.130 e. The van der Waals surface area contributed by atoms with E-state index < -0.39 is 0 Å². The molecule has 2 saturated carbocycles. The molecule has 0 aromatic rings. The Labute approximate surface area is 91.2 Å². The Morgan fingerprint density at radius 3 is 2.50 bits per heavy atom. The van der Waals surface area contributed by atoms with Crippen LogP contribution in [0.5, 0.6) is 0 Å². The zero-order chi connectivity index (χ0) is 10.6. The second kappa shape index (κ2) is 2.98. The molecule has 0 aromatic heterocycles. The predicted octanol–water partition coefficient (Wildman–Crippen LogP) is 3.40. The average molecular weight is 215 g/mol. The molecule has 2 fully saturated rings. The molecule has 2 bridgehead atoms. The first-order valence-electron chi connectivity index (χ1n) is 5.54. The molecule has 0 aromatic carbocycles. The highest BCUT2D eigenvalue weighted by Gasteiger charge is 2.63. The lowest BCUT2D eigenvalue weighted by atomic mass is 9.66. The van der Waals surface area contributed by atoms with Crippen molar-refractivity contribution in [3.63, 3.8) is 0 Å². The van der Waals surface area contributed by atoms with Gasteiger partial charge in [0, 0.05) is 11.8 Å². The first kappa shape index (κ1) is 10.5. The highest BCUT2D eigenvalue weighted by Crippen LogP contribution is 2.68. The first-order valence-corrected chi connectivity index (χ1v) is 5.97. The lowest BCUT2D eigenvalue weighted by molar-refractivity contribution is -0.120. The average Bonchev–Trinajstić information content (AvgIpc) is 2.36. The van der Waals surface area contributed by atoms with E-state index in [0.717, 1.165) is 18.8 Å². The van der Waals surface area contributed by atoms with Crippen molar-refractivity contribution in [2.75, 3.05) is 0 Å². The highest BCUT2D eigenvalue weighted by molar-refractivity contribution is 6.21. The fourth-order valence-electron chi connectivity index (χ4n) is 3.84. The Morgan fingerprint density at radius 2 is 2.14 bits per heavy atom. The zero-order valence-electron chi connectivity index (χ0n) is 9.27. The van der Waals surface area contributed by atoms with Gasteiger partial charge in [-0.15, -0.1) is 11.6 Å². The molecule has 0 unspecified atom stereocenters. The van der Waals surface area contributed by atoms with Crippen LogP contribution >= 0.6 is 11.6 Å². The Hall–Kier alpha value is -0.0400. The van der Waals surface area contributed by atoms with Crippen molar-refractivity contribution in [1.29, 1.82) is 0 Å². The topological polar surface area (TPSA) is 17.1 Å². The van der Waals surface area contributed by atoms with E-state index in [9.17, 15) is 4.79 Å². The van der Waals surface area contributed by atoms with Crippen LogP contribution in [0.4, 0.5) is 0 Å². The summed E-state index contributed by atoms with van der Waals surface area (Å²) in [4.78, 5) is 11.4. The number of carbonyl (C=O) groups excluding carboxylic acids is 1. The van der Waals surface area contributed by atoms with Crippen LogP contribution in [0, 0.1) is 16.7 Å². The summed E-state index contributed by atoms with van der Waals surface area (Å²) in [5.74, 6) is 1.04. The van der Waals surface area contributed by atoms with E-state index in [1.54, 1.807) is 6.92 Å². The molecule has 0 radical (unpaired) electrons. The second-order valence-electron chi connectivity index (χ2n) is 5.70. The number of Topliss-reactive ketones (excluding diaryl/α,β-unsaturated/α-hetero) is 1. The predicted molar refractivity (Wildman–Crippen MR) is 58.5 cm³/mol. The van der Waals surface area contributed by atoms with E-state index in [0.29, 0.717) is 12.2 Å². The standard InChI is InChI=1S/C12H19ClO/c1-8(14)7-12-5-4-9(6-10(12)13)11(12,2)3/h9-10H,4-7H2,1-3H3/t9-,10+,12-/m0/s1. The summed E-state index contributed by atoms with van der Waals surface area (Å²) in [6.07, 6.45) is 4.22.